The fourth-order valence-corrected chi connectivity index (χ4v) is 3.89. The second-order valence-electron chi connectivity index (χ2n) is 5.60. The summed E-state index contributed by atoms with van der Waals surface area (Å²) < 4.78 is 7.31. The molecule has 7 heteroatoms. The molecule has 1 heterocycles. The van der Waals surface area contributed by atoms with Crippen molar-refractivity contribution in [2.75, 3.05) is 31.0 Å². The van der Waals surface area contributed by atoms with E-state index in [9.17, 15) is 4.79 Å². The van der Waals surface area contributed by atoms with Gasteiger partial charge in [-0.3, -0.25) is 4.79 Å². The predicted octanol–water partition coefficient (Wildman–Crippen LogP) is 4.14. The zero-order valence-corrected chi connectivity index (χ0v) is 16.4. The maximum atomic E-state index is 12.3. The van der Waals surface area contributed by atoms with E-state index in [2.05, 4.69) is 14.9 Å². The Morgan fingerprint density at radius 1 is 1.23 bits per heavy atom. The Labute approximate surface area is 161 Å². The largest absolute Gasteiger partial charge is 0.383 e. The van der Waals surface area contributed by atoms with Gasteiger partial charge >= 0.3 is 0 Å². The Bertz CT molecular complexity index is 895. The topological polar surface area (TPSA) is 56.1 Å². The van der Waals surface area contributed by atoms with Gasteiger partial charge in [-0.1, -0.05) is 30.0 Å². The third kappa shape index (κ3) is 4.60. The average Bonchev–Trinajstić information content (AvgIpc) is 3.02. The van der Waals surface area contributed by atoms with Gasteiger partial charge in [0.25, 0.3) is 0 Å². The number of hydrogen-bond donors (Lipinski definition) is 1. The van der Waals surface area contributed by atoms with Crippen LogP contribution in [-0.2, 0) is 16.1 Å². The summed E-state index contributed by atoms with van der Waals surface area (Å²) in [6, 6.07) is 15.8. The van der Waals surface area contributed by atoms with Crippen LogP contribution in [-0.4, -0.2) is 41.2 Å². The number of para-hydroxylation sites is 2. The summed E-state index contributed by atoms with van der Waals surface area (Å²) in [5.74, 6) is 0.262. The van der Waals surface area contributed by atoms with Gasteiger partial charge in [0.05, 0.1) is 23.4 Å². The molecule has 136 valence electrons. The Kier molecular flexibility index (Phi) is 6.60. The zero-order chi connectivity index (χ0) is 18.4. The molecule has 0 radical (unpaired) electrons. The van der Waals surface area contributed by atoms with Crippen molar-refractivity contribution in [1.82, 2.24) is 9.55 Å². The number of aromatic nitrogens is 2. The second-order valence-corrected chi connectivity index (χ2v) is 7.42. The molecule has 1 amide bonds. The lowest BCUT2D eigenvalue weighted by Gasteiger charge is -2.09. The normalized spacial score (nSPS) is 11.0. The van der Waals surface area contributed by atoms with E-state index in [1.165, 1.54) is 11.8 Å². The molecular formula is C19H21N3O2S2. The number of methoxy groups -OCH3 is 1. The molecule has 1 N–H and O–H groups in total. The van der Waals surface area contributed by atoms with Crippen LogP contribution in [0.4, 0.5) is 5.69 Å². The van der Waals surface area contributed by atoms with Crippen LogP contribution in [0.15, 0.2) is 58.6 Å². The molecule has 0 atom stereocenters. The summed E-state index contributed by atoms with van der Waals surface area (Å²) in [6.07, 6.45) is 2.02. The molecule has 0 saturated carbocycles. The van der Waals surface area contributed by atoms with Crippen molar-refractivity contribution >= 4 is 46.2 Å². The van der Waals surface area contributed by atoms with E-state index in [1.54, 1.807) is 18.9 Å². The number of benzene rings is 2. The zero-order valence-electron chi connectivity index (χ0n) is 14.8. The third-order valence-corrected chi connectivity index (χ3v) is 5.53. The monoisotopic (exact) mass is 387 g/mol. The van der Waals surface area contributed by atoms with Crippen LogP contribution in [0.1, 0.15) is 0 Å². The minimum atomic E-state index is -0.0430. The van der Waals surface area contributed by atoms with Crippen LogP contribution in [0.2, 0.25) is 0 Å². The maximum absolute atomic E-state index is 12.3. The lowest BCUT2D eigenvalue weighted by atomic mass is 10.3. The van der Waals surface area contributed by atoms with Crippen molar-refractivity contribution in [3.8, 4) is 0 Å². The highest BCUT2D eigenvalue weighted by Crippen LogP contribution is 2.24. The summed E-state index contributed by atoms with van der Waals surface area (Å²) in [6.45, 7) is 1.30. The molecule has 0 fully saturated rings. The Hall–Kier alpha value is -1.96. The van der Waals surface area contributed by atoms with Crippen molar-refractivity contribution in [2.45, 2.75) is 16.6 Å². The molecule has 0 aliphatic rings. The van der Waals surface area contributed by atoms with Gasteiger partial charge in [-0.25, -0.2) is 4.98 Å². The highest BCUT2D eigenvalue weighted by molar-refractivity contribution is 7.99. The number of nitrogens with one attached hydrogen (secondary N) is 1. The molecule has 3 rings (SSSR count). The molecule has 0 spiro atoms. The summed E-state index contributed by atoms with van der Waals surface area (Å²) in [4.78, 5) is 18.1. The smallest absolute Gasteiger partial charge is 0.234 e. The molecule has 2 aromatic carbocycles. The van der Waals surface area contributed by atoms with Gasteiger partial charge in [-0.15, -0.1) is 11.8 Å². The summed E-state index contributed by atoms with van der Waals surface area (Å²) >= 11 is 3.09. The number of carbonyl (C=O) groups is 1. The molecule has 0 aliphatic heterocycles. The first-order valence-corrected chi connectivity index (χ1v) is 10.4. The van der Waals surface area contributed by atoms with Gasteiger partial charge in [-0.05, 0) is 36.6 Å². The number of imidazole rings is 1. The summed E-state index contributed by atoms with van der Waals surface area (Å²) in [5.41, 5.74) is 2.80. The predicted molar refractivity (Wildman–Crippen MR) is 109 cm³/mol. The molecule has 5 nitrogen and oxygen atoms in total. The van der Waals surface area contributed by atoms with E-state index >= 15 is 0 Å². The quantitative estimate of drug-likeness (QED) is 0.589. The van der Waals surface area contributed by atoms with Crippen LogP contribution >= 0.6 is 23.5 Å². The Balaban J connectivity index is 1.69. The van der Waals surface area contributed by atoms with Gasteiger partial charge in [0.1, 0.15) is 0 Å². The number of amides is 1. The average molecular weight is 388 g/mol. The van der Waals surface area contributed by atoms with Gasteiger partial charge in [0.2, 0.25) is 5.91 Å². The number of ether oxygens (including phenoxy) is 1. The van der Waals surface area contributed by atoms with Crippen molar-refractivity contribution in [1.29, 1.82) is 0 Å². The number of rotatable bonds is 8. The van der Waals surface area contributed by atoms with Gasteiger partial charge in [0, 0.05) is 24.2 Å². The molecular weight excluding hydrogens is 366 g/mol. The molecule has 1 aromatic heterocycles. The fourth-order valence-electron chi connectivity index (χ4n) is 2.59. The number of hydrogen-bond acceptors (Lipinski definition) is 5. The first-order valence-electron chi connectivity index (χ1n) is 8.22. The molecule has 0 saturated heterocycles. The first kappa shape index (κ1) is 18.8. The molecule has 3 aromatic rings. The van der Waals surface area contributed by atoms with Crippen LogP contribution in [0.3, 0.4) is 0 Å². The SMILES string of the molecule is COCCn1c(SCC(=O)Nc2cccc(SC)c2)nc2ccccc21. The molecule has 26 heavy (non-hydrogen) atoms. The van der Waals surface area contributed by atoms with Crippen molar-refractivity contribution in [3.05, 3.63) is 48.5 Å². The molecule has 0 unspecified atom stereocenters. The number of anilines is 1. The van der Waals surface area contributed by atoms with Crippen LogP contribution in [0.25, 0.3) is 11.0 Å². The third-order valence-electron chi connectivity index (χ3n) is 3.82. The van der Waals surface area contributed by atoms with E-state index < -0.39 is 0 Å². The highest BCUT2D eigenvalue weighted by atomic mass is 32.2. The summed E-state index contributed by atoms with van der Waals surface area (Å²) in [5, 5.41) is 3.78. The summed E-state index contributed by atoms with van der Waals surface area (Å²) in [7, 11) is 1.68. The van der Waals surface area contributed by atoms with Gasteiger partial charge < -0.3 is 14.6 Å². The van der Waals surface area contributed by atoms with Crippen molar-refractivity contribution < 1.29 is 9.53 Å². The van der Waals surface area contributed by atoms with E-state index in [0.717, 1.165) is 26.8 Å². The molecule has 0 aliphatic carbocycles. The molecule has 0 bridgehead atoms. The number of fused-ring (bicyclic) bond motifs is 1. The van der Waals surface area contributed by atoms with Gasteiger partial charge in [-0.2, -0.15) is 0 Å². The highest BCUT2D eigenvalue weighted by Gasteiger charge is 2.13. The van der Waals surface area contributed by atoms with Crippen LogP contribution in [0, 0.1) is 0 Å². The van der Waals surface area contributed by atoms with E-state index in [1.807, 2.05) is 54.8 Å². The maximum Gasteiger partial charge on any atom is 0.234 e. The second kappa shape index (κ2) is 9.12. The van der Waals surface area contributed by atoms with Crippen molar-refractivity contribution in [2.24, 2.45) is 0 Å². The standard InChI is InChI=1S/C19H21N3O2S2/c1-24-11-10-22-17-9-4-3-8-16(17)21-19(22)26-13-18(23)20-14-6-5-7-15(12-14)25-2/h3-9,12H,10-11,13H2,1-2H3,(H,20,23). The first-order chi connectivity index (χ1) is 12.7. The lowest BCUT2D eigenvalue weighted by molar-refractivity contribution is -0.113. The lowest BCUT2D eigenvalue weighted by Crippen LogP contribution is -2.15. The number of thioether (sulfide) groups is 2. The van der Waals surface area contributed by atoms with E-state index in [4.69, 9.17) is 4.74 Å². The minimum absolute atomic E-state index is 0.0430. The Morgan fingerprint density at radius 3 is 2.88 bits per heavy atom. The van der Waals surface area contributed by atoms with E-state index in [-0.39, 0.29) is 5.91 Å². The van der Waals surface area contributed by atoms with Crippen LogP contribution < -0.4 is 5.32 Å². The van der Waals surface area contributed by atoms with E-state index in [0.29, 0.717) is 18.9 Å². The number of carbonyl (C=O) groups excluding carboxylic acids is 1. The number of nitrogens with zero attached hydrogens (tertiary/aromatic N) is 2. The Morgan fingerprint density at radius 2 is 2.08 bits per heavy atom. The van der Waals surface area contributed by atoms with Crippen LogP contribution in [0.5, 0.6) is 0 Å². The van der Waals surface area contributed by atoms with Gasteiger partial charge in [0.15, 0.2) is 5.16 Å². The fraction of sp³-hybridized carbons (Fsp3) is 0.263. The van der Waals surface area contributed by atoms with Crippen molar-refractivity contribution in [3.63, 3.8) is 0 Å². The minimum Gasteiger partial charge on any atom is -0.383 e.